The first kappa shape index (κ1) is 13.9. The molecule has 1 aliphatic heterocycles. The van der Waals surface area contributed by atoms with Gasteiger partial charge in [0.2, 0.25) is 5.91 Å². The molecule has 17 heavy (non-hydrogen) atoms. The molecule has 0 aromatic rings. The van der Waals surface area contributed by atoms with Gasteiger partial charge in [-0.05, 0) is 18.8 Å². The van der Waals surface area contributed by atoms with E-state index in [9.17, 15) is 9.59 Å². The highest BCUT2D eigenvalue weighted by atomic mass is 16.5. The van der Waals surface area contributed by atoms with E-state index in [1.807, 2.05) is 0 Å². The molecule has 1 aliphatic rings. The Morgan fingerprint density at radius 2 is 2.12 bits per heavy atom. The summed E-state index contributed by atoms with van der Waals surface area (Å²) in [6, 6.07) is -0.872. The summed E-state index contributed by atoms with van der Waals surface area (Å²) in [7, 11) is 0. The van der Waals surface area contributed by atoms with Crippen LogP contribution >= 0.6 is 0 Å². The van der Waals surface area contributed by atoms with Crippen molar-refractivity contribution in [1.82, 2.24) is 5.32 Å². The standard InChI is InChI=1S/C11H20N2O4/c1-6(2)9(11(15)16)13-10(14)8-4-3-7(5-12)17-8/h6-9H,3-5,12H2,1-2H3,(H,13,14)(H,15,16)/t7?,8?,9-/m0/s1. The number of carboxylic acids is 1. The average molecular weight is 244 g/mol. The summed E-state index contributed by atoms with van der Waals surface area (Å²) < 4.78 is 5.40. The maximum absolute atomic E-state index is 11.8. The van der Waals surface area contributed by atoms with E-state index in [-0.39, 0.29) is 17.9 Å². The number of hydrogen-bond donors (Lipinski definition) is 3. The molecule has 0 bridgehead atoms. The van der Waals surface area contributed by atoms with Crippen LogP contribution < -0.4 is 11.1 Å². The van der Waals surface area contributed by atoms with E-state index in [2.05, 4.69) is 5.32 Å². The third-order valence-electron chi connectivity index (χ3n) is 2.89. The van der Waals surface area contributed by atoms with Crippen LogP contribution in [0, 0.1) is 5.92 Å². The topological polar surface area (TPSA) is 102 Å². The van der Waals surface area contributed by atoms with Gasteiger partial charge in [-0.2, -0.15) is 0 Å². The van der Waals surface area contributed by atoms with Crippen LogP contribution in [0.1, 0.15) is 26.7 Å². The van der Waals surface area contributed by atoms with Gasteiger partial charge < -0.3 is 20.9 Å². The highest BCUT2D eigenvalue weighted by molar-refractivity contribution is 5.86. The molecular weight excluding hydrogens is 224 g/mol. The fourth-order valence-electron chi connectivity index (χ4n) is 1.83. The minimum atomic E-state index is -1.03. The van der Waals surface area contributed by atoms with Crippen molar-refractivity contribution in [1.29, 1.82) is 0 Å². The number of nitrogens with two attached hydrogens (primary N) is 1. The van der Waals surface area contributed by atoms with Gasteiger partial charge in [0, 0.05) is 6.54 Å². The second-order valence-electron chi connectivity index (χ2n) is 4.63. The largest absolute Gasteiger partial charge is 0.480 e. The van der Waals surface area contributed by atoms with Crippen LogP contribution in [0.2, 0.25) is 0 Å². The molecule has 1 fully saturated rings. The maximum Gasteiger partial charge on any atom is 0.326 e. The van der Waals surface area contributed by atoms with Crippen molar-refractivity contribution in [2.75, 3.05) is 6.54 Å². The fourth-order valence-corrected chi connectivity index (χ4v) is 1.83. The maximum atomic E-state index is 11.8. The van der Waals surface area contributed by atoms with Gasteiger partial charge in [0.15, 0.2) is 0 Å². The van der Waals surface area contributed by atoms with Gasteiger partial charge in [-0.3, -0.25) is 4.79 Å². The molecule has 4 N–H and O–H groups in total. The van der Waals surface area contributed by atoms with Gasteiger partial charge in [-0.25, -0.2) is 4.79 Å². The highest BCUT2D eigenvalue weighted by Crippen LogP contribution is 2.19. The zero-order chi connectivity index (χ0) is 13.0. The van der Waals surface area contributed by atoms with Crippen LogP contribution in [0.3, 0.4) is 0 Å². The zero-order valence-corrected chi connectivity index (χ0v) is 10.2. The van der Waals surface area contributed by atoms with E-state index in [0.717, 1.165) is 6.42 Å². The lowest BCUT2D eigenvalue weighted by Gasteiger charge is -2.20. The molecular formula is C11H20N2O4. The number of amides is 1. The normalized spacial score (nSPS) is 25.9. The fraction of sp³-hybridized carbons (Fsp3) is 0.818. The molecule has 6 heteroatoms. The van der Waals surface area contributed by atoms with Gasteiger partial charge >= 0.3 is 5.97 Å². The van der Waals surface area contributed by atoms with Gasteiger partial charge in [-0.1, -0.05) is 13.8 Å². The van der Waals surface area contributed by atoms with Crippen molar-refractivity contribution in [3.05, 3.63) is 0 Å². The van der Waals surface area contributed by atoms with Crippen molar-refractivity contribution < 1.29 is 19.4 Å². The van der Waals surface area contributed by atoms with Crippen molar-refractivity contribution in [2.24, 2.45) is 11.7 Å². The minimum Gasteiger partial charge on any atom is -0.480 e. The first-order chi connectivity index (χ1) is 7.95. The summed E-state index contributed by atoms with van der Waals surface area (Å²) in [6.07, 6.45) is 0.684. The summed E-state index contributed by atoms with van der Waals surface area (Å²) in [5.41, 5.74) is 5.44. The number of nitrogens with one attached hydrogen (secondary N) is 1. The Balaban J connectivity index is 2.51. The SMILES string of the molecule is CC(C)[C@H](NC(=O)C1CCC(CN)O1)C(=O)O. The van der Waals surface area contributed by atoms with Crippen molar-refractivity contribution in [3.8, 4) is 0 Å². The van der Waals surface area contributed by atoms with E-state index < -0.39 is 18.1 Å². The van der Waals surface area contributed by atoms with Crippen molar-refractivity contribution >= 4 is 11.9 Å². The summed E-state index contributed by atoms with van der Waals surface area (Å²) in [6.45, 7) is 3.88. The molecule has 1 rings (SSSR count). The Bertz CT molecular complexity index is 293. The molecule has 0 aromatic carbocycles. The first-order valence-electron chi connectivity index (χ1n) is 5.84. The predicted molar refractivity (Wildman–Crippen MR) is 61.4 cm³/mol. The Kier molecular flexibility index (Phi) is 4.89. The van der Waals surface area contributed by atoms with Gasteiger partial charge in [0.1, 0.15) is 12.1 Å². The molecule has 1 amide bonds. The average Bonchev–Trinajstić information content (AvgIpc) is 2.73. The van der Waals surface area contributed by atoms with Crippen LogP contribution in [-0.2, 0) is 14.3 Å². The Morgan fingerprint density at radius 3 is 2.53 bits per heavy atom. The van der Waals surface area contributed by atoms with E-state index in [4.69, 9.17) is 15.6 Å². The molecule has 0 radical (unpaired) electrons. The van der Waals surface area contributed by atoms with Crippen molar-refractivity contribution in [3.63, 3.8) is 0 Å². The molecule has 3 atom stereocenters. The Morgan fingerprint density at radius 1 is 1.47 bits per heavy atom. The molecule has 0 spiro atoms. The monoisotopic (exact) mass is 244 g/mol. The first-order valence-corrected chi connectivity index (χ1v) is 5.84. The van der Waals surface area contributed by atoms with Crippen LogP contribution in [0.15, 0.2) is 0 Å². The summed E-state index contributed by atoms with van der Waals surface area (Å²) in [5, 5.41) is 11.5. The van der Waals surface area contributed by atoms with E-state index in [1.165, 1.54) is 0 Å². The third-order valence-corrected chi connectivity index (χ3v) is 2.89. The molecule has 2 unspecified atom stereocenters. The second kappa shape index (κ2) is 5.97. The number of aliphatic carboxylic acids is 1. The number of ether oxygens (including phenoxy) is 1. The number of rotatable bonds is 5. The van der Waals surface area contributed by atoms with Crippen LogP contribution in [0.5, 0.6) is 0 Å². The van der Waals surface area contributed by atoms with E-state index in [0.29, 0.717) is 13.0 Å². The lowest BCUT2D eigenvalue weighted by Crippen LogP contribution is -2.48. The third kappa shape index (κ3) is 3.67. The second-order valence-corrected chi connectivity index (χ2v) is 4.63. The van der Waals surface area contributed by atoms with Crippen molar-refractivity contribution in [2.45, 2.75) is 44.9 Å². The molecule has 0 saturated carbocycles. The predicted octanol–water partition coefficient (Wildman–Crippen LogP) is -0.282. The molecule has 6 nitrogen and oxygen atoms in total. The van der Waals surface area contributed by atoms with E-state index >= 15 is 0 Å². The quantitative estimate of drug-likeness (QED) is 0.617. The highest BCUT2D eigenvalue weighted by Gasteiger charge is 2.33. The molecule has 0 aliphatic carbocycles. The zero-order valence-electron chi connectivity index (χ0n) is 10.2. The van der Waals surface area contributed by atoms with Gasteiger partial charge in [0.05, 0.1) is 6.10 Å². The number of carbonyl (C=O) groups excluding carboxylic acids is 1. The number of carbonyl (C=O) groups is 2. The van der Waals surface area contributed by atoms with Gasteiger partial charge in [0.25, 0.3) is 0 Å². The van der Waals surface area contributed by atoms with Crippen LogP contribution in [-0.4, -0.2) is 41.8 Å². The summed E-state index contributed by atoms with van der Waals surface area (Å²) in [5.74, 6) is -1.55. The number of hydrogen-bond acceptors (Lipinski definition) is 4. The molecule has 1 saturated heterocycles. The Hall–Kier alpha value is -1.14. The van der Waals surface area contributed by atoms with Gasteiger partial charge in [-0.15, -0.1) is 0 Å². The lowest BCUT2D eigenvalue weighted by molar-refractivity contribution is -0.145. The molecule has 0 aromatic heterocycles. The molecule has 1 heterocycles. The van der Waals surface area contributed by atoms with E-state index in [1.54, 1.807) is 13.8 Å². The van der Waals surface area contributed by atoms with Crippen LogP contribution in [0.4, 0.5) is 0 Å². The van der Waals surface area contributed by atoms with Crippen LogP contribution in [0.25, 0.3) is 0 Å². The summed E-state index contributed by atoms with van der Waals surface area (Å²) in [4.78, 5) is 22.7. The smallest absolute Gasteiger partial charge is 0.326 e. The minimum absolute atomic E-state index is 0.0897. The number of carboxylic acid groups (broad SMARTS) is 1. The Labute approximate surface area is 101 Å². The molecule has 98 valence electrons. The lowest BCUT2D eigenvalue weighted by atomic mass is 10.0. The summed E-state index contributed by atoms with van der Waals surface area (Å²) >= 11 is 0.